The summed E-state index contributed by atoms with van der Waals surface area (Å²) < 4.78 is 11.0. The van der Waals surface area contributed by atoms with E-state index in [-0.39, 0.29) is 12.5 Å². The van der Waals surface area contributed by atoms with Gasteiger partial charge in [-0.25, -0.2) is 0 Å². The number of aliphatic hydroxyl groups is 1. The molecule has 1 atom stereocenters. The van der Waals surface area contributed by atoms with E-state index in [1.807, 2.05) is 6.92 Å². The van der Waals surface area contributed by atoms with Crippen molar-refractivity contribution in [2.75, 3.05) is 19.8 Å². The molecule has 1 N–H and O–H groups in total. The van der Waals surface area contributed by atoms with Crippen molar-refractivity contribution in [1.82, 2.24) is 0 Å². The molecule has 0 aromatic heterocycles. The van der Waals surface area contributed by atoms with Crippen molar-refractivity contribution in [3.63, 3.8) is 0 Å². The molecule has 1 aliphatic heterocycles. The number of carbonyl (C=O) groups is 1. The summed E-state index contributed by atoms with van der Waals surface area (Å²) in [6.07, 6.45) is 0.656. The van der Waals surface area contributed by atoms with Crippen LogP contribution in [0.1, 0.15) is 28.8 Å². The number of hydrogen-bond donors (Lipinski definition) is 1. The third-order valence-corrected chi connectivity index (χ3v) is 3.06. The Hall–Kier alpha value is -1.26. The first-order valence-corrected chi connectivity index (χ1v) is 5.74. The van der Waals surface area contributed by atoms with Gasteiger partial charge in [-0.3, -0.25) is 4.79 Å². The predicted molar refractivity (Wildman–Crippen MR) is 63.3 cm³/mol. The first kappa shape index (κ1) is 12.2. The van der Waals surface area contributed by atoms with Crippen molar-refractivity contribution in [3.8, 4) is 11.5 Å². The molecule has 1 heterocycles. The van der Waals surface area contributed by atoms with Crippen LogP contribution in [0.3, 0.4) is 0 Å². The van der Waals surface area contributed by atoms with Crippen LogP contribution in [0, 0.1) is 0 Å². The quantitative estimate of drug-likeness (QED) is 0.841. The third-order valence-electron chi connectivity index (χ3n) is 2.75. The van der Waals surface area contributed by atoms with E-state index < -0.39 is 0 Å². The summed E-state index contributed by atoms with van der Waals surface area (Å²) in [5.74, 6) is 0.780. The van der Waals surface area contributed by atoms with Crippen LogP contribution in [0.5, 0.6) is 11.5 Å². The van der Waals surface area contributed by atoms with Gasteiger partial charge < -0.3 is 14.6 Å². The number of aldehydes is 1. The predicted octanol–water partition coefficient (Wildman–Crippen LogP) is 2.02. The standard InChI is InChI=1S/C12H13ClO4/c1-7(5-14)8-4-10(13)9(6-15)12-11(8)16-2-3-17-12/h4,6-7,14H,2-3,5H2,1H3. The van der Waals surface area contributed by atoms with Gasteiger partial charge in [0, 0.05) is 18.1 Å². The van der Waals surface area contributed by atoms with Crippen molar-refractivity contribution in [2.45, 2.75) is 12.8 Å². The Morgan fingerprint density at radius 2 is 2.12 bits per heavy atom. The van der Waals surface area contributed by atoms with E-state index in [0.717, 1.165) is 5.56 Å². The summed E-state index contributed by atoms with van der Waals surface area (Å²) in [4.78, 5) is 11.0. The molecular formula is C12H13ClO4. The van der Waals surface area contributed by atoms with Crippen molar-refractivity contribution in [2.24, 2.45) is 0 Å². The van der Waals surface area contributed by atoms with Crippen molar-refractivity contribution in [1.29, 1.82) is 0 Å². The Morgan fingerprint density at radius 3 is 2.71 bits per heavy atom. The van der Waals surface area contributed by atoms with Crippen LogP contribution in [-0.2, 0) is 0 Å². The maximum atomic E-state index is 11.0. The topological polar surface area (TPSA) is 55.8 Å². The van der Waals surface area contributed by atoms with Crippen LogP contribution in [0.15, 0.2) is 6.07 Å². The number of fused-ring (bicyclic) bond motifs is 1. The average molecular weight is 257 g/mol. The molecule has 92 valence electrons. The van der Waals surface area contributed by atoms with Gasteiger partial charge in [-0.05, 0) is 6.07 Å². The number of carbonyl (C=O) groups excluding carboxylic acids is 1. The van der Waals surface area contributed by atoms with Gasteiger partial charge >= 0.3 is 0 Å². The SMILES string of the molecule is CC(CO)c1cc(Cl)c(C=O)c2c1OCCO2. The molecule has 17 heavy (non-hydrogen) atoms. The Morgan fingerprint density at radius 1 is 1.47 bits per heavy atom. The van der Waals surface area contributed by atoms with Gasteiger partial charge in [-0.15, -0.1) is 0 Å². The maximum Gasteiger partial charge on any atom is 0.173 e. The lowest BCUT2D eigenvalue weighted by Crippen LogP contribution is -2.19. The van der Waals surface area contributed by atoms with E-state index in [9.17, 15) is 9.90 Å². The third kappa shape index (κ3) is 2.10. The van der Waals surface area contributed by atoms with Crippen LogP contribution in [0.2, 0.25) is 5.02 Å². The van der Waals surface area contributed by atoms with Gasteiger partial charge in [0.15, 0.2) is 17.8 Å². The van der Waals surface area contributed by atoms with E-state index in [0.29, 0.717) is 41.6 Å². The molecule has 0 aliphatic carbocycles. The van der Waals surface area contributed by atoms with E-state index in [2.05, 4.69) is 0 Å². The number of benzene rings is 1. The molecule has 0 spiro atoms. The Kier molecular flexibility index (Phi) is 3.54. The minimum absolute atomic E-state index is 0.0213. The summed E-state index contributed by atoms with van der Waals surface area (Å²) in [5, 5.41) is 9.52. The zero-order valence-corrected chi connectivity index (χ0v) is 10.2. The molecule has 0 bridgehead atoms. The largest absolute Gasteiger partial charge is 0.486 e. The molecule has 0 saturated heterocycles. The Labute approximate surface area is 104 Å². The number of hydrogen-bond acceptors (Lipinski definition) is 4. The van der Waals surface area contributed by atoms with Crippen molar-refractivity contribution >= 4 is 17.9 Å². The van der Waals surface area contributed by atoms with Gasteiger partial charge in [-0.2, -0.15) is 0 Å². The molecule has 1 aliphatic rings. The van der Waals surface area contributed by atoms with E-state index >= 15 is 0 Å². The molecule has 1 aromatic carbocycles. The van der Waals surface area contributed by atoms with E-state index in [1.165, 1.54) is 0 Å². The monoisotopic (exact) mass is 256 g/mol. The minimum atomic E-state index is -0.122. The number of aliphatic hydroxyl groups excluding tert-OH is 1. The zero-order chi connectivity index (χ0) is 12.4. The summed E-state index contributed by atoms with van der Waals surface area (Å²) >= 11 is 6.02. The van der Waals surface area contributed by atoms with Crippen molar-refractivity contribution in [3.05, 3.63) is 22.2 Å². The normalized spacial score (nSPS) is 15.5. The molecule has 5 heteroatoms. The van der Waals surface area contributed by atoms with Gasteiger partial charge in [0.25, 0.3) is 0 Å². The maximum absolute atomic E-state index is 11.0. The highest BCUT2D eigenvalue weighted by Gasteiger charge is 2.25. The zero-order valence-electron chi connectivity index (χ0n) is 9.40. The first-order chi connectivity index (χ1) is 8.19. The fraction of sp³-hybridized carbons (Fsp3) is 0.417. The van der Waals surface area contributed by atoms with Crippen molar-refractivity contribution < 1.29 is 19.4 Å². The highest BCUT2D eigenvalue weighted by atomic mass is 35.5. The number of ether oxygens (including phenoxy) is 2. The second-order valence-electron chi connectivity index (χ2n) is 3.92. The van der Waals surface area contributed by atoms with E-state index in [4.69, 9.17) is 21.1 Å². The lowest BCUT2D eigenvalue weighted by molar-refractivity contribution is 0.111. The van der Waals surface area contributed by atoms with Crippen LogP contribution < -0.4 is 9.47 Å². The molecule has 1 unspecified atom stereocenters. The highest BCUT2D eigenvalue weighted by Crippen LogP contribution is 2.43. The molecule has 0 saturated carbocycles. The van der Waals surface area contributed by atoms with Crippen LogP contribution in [-0.4, -0.2) is 31.2 Å². The molecule has 4 nitrogen and oxygen atoms in total. The summed E-state index contributed by atoms with van der Waals surface area (Å²) in [5.41, 5.74) is 1.06. The Balaban J connectivity index is 2.62. The molecular weight excluding hydrogens is 244 g/mol. The lowest BCUT2D eigenvalue weighted by atomic mass is 9.98. The molecule has 0 fully saturated rings. The Bertz CT molecular complexity index is 445. The van der Waals surface area contributed by atoms with Gasteiger partial charge in [0.1, 0.15) is 13.2 Å². The van der Waals surface area contributed by atoms with Gasteiger partial charge in [-0.1, -0.05) is 18.5 Å². The number of halogens is 1. The fourth-order valence-corrected chi connectivity index (χ4v) is 2.04. The smallest absolute Gasteiger partial charge is 0.173 e. The highest BCUT2D eigenvalue weighted by molar-refractivity contribution is 6.33. The minimum Gasteiger partial charge on any atom is -0.486 e. The van der Waals surface area contributed by atoms with E-state index in [1.54, 1.807) is 6.07 Å². The second-order valence-corrected chi connectivity index (χ2v) is 4.33. The molecule has 1 aromatic rings. The summed E-state index contributed by atoms with van der Waals surface area (Å²) in [7, 11) is 0. The van der Waals surface area contributed by atoms with Crippen LogP contribution in [0.4, 0.5) is 0 Å². The van der Waals surface area contributed by atoms with Gasteiger partial charge in [0.05, 0.1) is 10.6 Å². The van der Waals surface area contributed by atoms with Gasteiger partial charge in [0.2, 0.25) is 0 Å². The average Bonchev–Trinajstić information content (AvgIpc) is 2.37. The molecule has 0 amide bonds. The van der Waals surface area contributed by atoms with Crippen LogP contribution in [0.25, 0.3) is 0 Å². The second kappa shape index (κ2) is 4.94. The molecule has 0 radical (unpaired) electrons. The molecule has 2 rings (SSSR count). The lowest BCUT2D eigenvalue weighted by Gasteiger charge is -2.24. The fourth-order valence-electron chi connectivity index (χ4n) is 1.80. The first-order valence-electron chi connectivity index (χ1n) is 5.37. The summed E-state index contributed by atoms with van der Waals surface area (Å²) in [6, 6.07) is 1.65. The summed E-state index contributed by atoms with van der Waals surface area (Å²) in [6.45, 7) is 2.65. The number of rotatable bonds is 3. The van der Waals surface area contributed by atoms with Crippen LogP contribution >= 0.6 is 11.6 Å².